The minimum Gasteiger partial charge on any atom is -0.315 e. The second-order valence-electron chi connectivity index (χ2n) is 6.96. The first kappa shape index (κ1) is 16.0. The van der Waals surface area contributed by atoms with Crippen LogP contribution >= 0.6 is 11.3 Å². The Bertz CT molecular complexity index is 362. The second-order valence-corrected chi connectivity index (χ2v) is 7.99. The zero-order valence-electron chi connectivity index (χ0n) is 13.3. The van der Waals surface area contributed by atoms with Crippen molar-refractivity contribution >= 4 is 11.3 Å². The third-order valence-corrected chi connectivity index (χ3v) is 5.64. The van der Waals surface area contributed by atoms with Gasteiger partial charge in [0.25, 0.3) is 0 Å². The van der Waals surface area contributed by atoms with Crippen molar-refractivity contribution in [3.63, 3.8) is 0 Å². The van der Waals surface area contributed by atoms with Gasteiger partial charge in [-0.2, -0.15) is 0 Å². The third kappa shape index (κ3) is 5.19. The highest BCUT2D eigenvalue weighted by Gasteiger charge is 2.28. The predicted molar refractivity (Wildman–Crippen MR) is 89.6 cm³/mol. The molecule has 1 heterocycles. The van der Waals surface area contributed by atoms with Crippen LogP contribution in [-0.2, 0) is 6.42 Å². The highest BCUT2D eigenvalue weighted by Crippen LogP contribution is 2.36. The maximum absolute atomic E-state index is 3.57. The van der Waals surface area contributed by atoms with E-state index in [1.54, 1.807) is 0 Å². The van der Waals surface area contributed by atoms with Gasteiger partial charge in [-0.25, -0.2) is 0 Å². The molecule has 1 saturated carbocycles. The highest BCUT2D eigenvalue weighted by atomic mass is 32.1. The first-order valence-corrected chi connectivity index (χ1v) is 8.88. The van der Waals surface area contributed by atoms with Crippen molar-refractivity contribution < 1.29 is 0 Å². The zero-order valence-corrected chi connectivity index (χ0v) is 14.1. The molecule has 2 nitrogen and oxygen atoms in total. The number of nitrogens with zero attached hydrogens (tertiary/aromatic N) is 1. The van der Waals surface area contributed by atoms with Gasteiger partial charge in [-0.3, -0.25) is 0 Å². The van der Waals surface area contributed by atoms with Gasteiger partial charge in [-0.1, -0.05) is 19.9 Å². The Balaban J connectivity index is 1.55. The molecule has 3 heteroatoms. The van der Waals surface area contributed by atoms with Gasteiger partial charge in [-0.15, -0.1) is 11.3 Å². The van der Waals surface area contributed by atoms with Crippen LogP contribution < -0.4 is 5.32 Å². The van der Waals surface area contributed by atoms with Crippen LogP contribution in [0.15, 0.2) is 17.5 Å². The van der Waals surface area contributed by atoms with Crippen LogP contribution in [0.1, 0.15) is 44.4 Å². The number of likely N-dealkylation sites (N-methyl/N-ethyl adjacent to an activating group) is 1. The lowest BCUT2D eigenvalue weighted by atomic mass is 9.75. The average molecular weight is 295 g/mol. The van der Waals surface area contributed by atoms with Gasteiger partial charge in [0.1, 0.15) is 0 Å². The summed E-state index contributed by atoms with van der Waals surface area (Å²) >= 11 is 1.86. The summed E-state index contributed by atoms with van der Waals surface area (Å²) in [5.74, 6) is 0. The van der Waals surface area contributed by atoms with Crippen LogP contribution in [0.4, 0.5) is 0 Å². The van der Waals surface area contributed by atoms with E-state index >= 15 is 0 Å². The van der Waals surface area contributed by atoms with Crippen molar-refractivity contribution in [1.82, 2.24) is 10.2 Å². The number of hydrogen-bond acceptors (Lipinski definition) is 3. The summed E-state index contributed by atoms with van der Waals surface area (Å²) < 4.78 is 0. The molecule has 2 rings (SSSR count). The quantitative estimate of drug-likeness (QED) is 0.770. The van der Waals surface area contributed by atoms with E-state index in [0.717, 1.165) is 19.1 Å². The van der Waals surface area contributed by atoms with E-state index in [9.17, 15) is 0 Å². The van der Waals surface area contributed by atoms with Crippen LogP contribution in [0.5, 0.6) is 0 Å². The fraction of sp³-hybridized carbons (Fsp3) is 0.765. The predicted octanol–water partition coefficient (Wildman–Crippen LogP) is 3.78. The summed E-state index contributed by atoms with van der Waals surface area (Å²) in [5.41, 5.74) is 0.580. The maximum Gasteiger partial charge on any atom is 0.0107 e. The van der Waals surface area contributed by atoms with Crippen molar-refractivity contribution in [3.05, 3.63) is 22.4 Å². The van der Waals surface area contributed by atoms with Crippen LogP contribution in [0.2, 0.25) is 0 Å². The minimum atomic E-state index is 0.580. The molecule has 0 aliphatic heterocycles. The van der Waals surface area contributed by atoms with E-state index in [1.165, 1.54) is 43.5 Å². The van der Waals surface area contributed by atoms with E-state index in [1.807, 2.05) is 11.3 Å². The van der Waals surface area contributed by atoms with Crippen LogP contribution in [0, 0.1) is 5.41 Å². The molecular formula is C17H30N2S. The Hall–Kier alpha value is -0.380. The number of nitrogens with one attached hydrogen (secondary N) is 1. The average Bonchev–Trinajstić information content (AvgIpc) is 2.91. The monoisotopic (exact) mass is 294 g/mol. The van der Waals surface area contributed by atoms with E-state index in [2.05, 4.69) is 48.6 Å². The second kappa shape index (κ2) is 7.58. The summed E-state index contributed by atoms with van der Waals surface area (Å²) in [5, 5.41) is 5.74. The SMILES string of the molecule is CN(CCNCCc1cccs1)C1CCC(C)(C)CC1. The van der Waals surface area contributed by atoms with Crippen LogP contribution in [0.25, 0.3) is 0 Å². The van der Waals surface area contributed by atoms with Crippen molar-refractivity contribution in [2.24, 2.45) is 5.41 Å². The maximum atomic E-state index is 3.57. The van der Waals surface area contributed by atoms with Gasteiger partial charge >= 0.3 is 0 Å². The van der Waals surface area contributed by atoms with Gasteiger partial charge in [-0.05, 0) is 56.0 Å². The summed E-state index contributed by atoms with van der Waals surface area (Å²) in [4.78, 5) is 4.05. The molecule has 1 N–H and O–H groups in total. The Morgan fingerprint density at radius 2 is 2.05 bits per heavy atom. The van der Waals surface area contributed by atoms with Gasteiger partial charge in [0.05, 0.1) is 0 Å². The fourth-order valence-electron chi connectivity index (χ4n) is 3.05. The fourth-order valence-corrected chi connectivity index (χ4v) is 3.76. The summed E-state index contributed by atoms with van der Waals surface area (Å²) in [6.07, 6.45) is 6.68. The molecule has 0 atom stereocenters. The number of thiophene rings is 1. The molecule has 1 aliphatic rings. The zero-order chi connectivity index (χ0) is 14.4. The van der Waals surface area contributed by atoms with Crippen molar-refractivity contribution in [1.29, 1.82) is 0 Å². The van der Waals surface area contributed by atoms with Crippen molar-refractivity contribution in [2.45, 2.75) is 52.0 Å². The Morgan fingerprint density at radius 3 is 2.70 bits per heavy atom. The smallest absolute Gasteiger partial charge is 0.0107 e. The molecule has 0 aromatic carbocycles. The molecule has 1 aliphatic carbocycles. The molecule has 0 saturated heterocycles. The first-order chi connectivity index (χ1) is 9.57. The topological polar surface area (TPSA) is 15.3 Å². The molecule has 0 spiro atoms. The molecule has 0 amide bonds. The van der Waals surface area contributed by atoms with Gasteiger partial charge < -0.3 is 10.2 Å². The normalized spacial score (nSPS) is 19.6. The van der Waals surface area contributed by atoms with E-state index in [0.29, 0.717) is 5.41 Å². The lowest BCUT2D eigenvalue weighted by Crippen LogP contribution is -2.40. The molecular weight excluding hydrogens is 264 g/mol. The molecule has 20 heavy (non-hydrogen) atoms. The lowest BCUT2D eigenvalue weighted by molar-refractivity contribution is 0.128. The van der Waals surface area contributed by atoms with Crippen molar-refractivity contribution in [3.8, 4) is 0 Å². The molecule has 1 fully saturated rings. The van der Waals surface area contributed by atoms with Crippen LogP contribution in [0.3, 0.4) is 0 Å². The van der Waals surface area contributed by atoms with Gasteiger partial charge in [0, 0.05) is 30.6 Å². The summed E-state index contributed by atoms with van der Waals surface area (Å²) in [7, 11) is 2.30. The molecule has 1 aromatic heterocycles. The van der Waals surface area contributed by atoms with Gasteiger partial charge in [0.15, 0.2) is 0 Å². The Kier molecular flexibility index (Phi) is 6.06. The Labute approximate surface area is 128 Å². The molecule has 0 bridgehead atoms. The van der Waals surface area contributed by atoms with E-state index < -0.39 is 0 Å². The van der Waals surface area contributed by atoms with Gasteiger partial charge in [0.2, 0.25) is 0 Å². The number of hydrogen-bond donors (Lipinski definition) is 1. The van der Waals surface area contributed by atoms with E-state index in [4.69, 9.17) is 0 Å². The third-order valence-electron chi connectivity index (χ3n) is 4.70. The first-order valence-electron chi connectivity index (χ1n) is 8.00. The molecule has 0 unspecified atom stereocenters. The molecule has 0 radical (unpaired) electrons. The molecule has 114 valence electrons. The number of rotatable bonds is 7. The standard InChI is InChI=1S/C17H30N2S/c1-17(2)9-6-15(7-10-17)19(3)13-12-18-11-8-16-5-4-14-20-16/h4-5,14-15,18H,6-13H2,1-3H3. The lowest BCUT2D eigenvalue weighted by Gasteiger charge is -2.38. The van der Waals surface area contributed by atoms with E-state index in [-0.39, 0.29) is 0 Å². The summed E-state index contributed by atoms with van der Waals surface area (Å²) in [6, 6.07) is 5.17. The Morgan fingerprint density at radius 1 is 1.30 bits per heavy atom. The minimum absolute atomic E-state index is 0.580. The summed E-state index contributed by atoms with van der Waals surface area (Å²) in [6.45, 7) is 8.22. The largest absolute Gasteiger partial charge is 0.315 e. The van der Waals surface area contributed by atoms with Crippen LogP contribution in [-0.4, -0.2) is 37.6 Å². The molecule has 1 aromatic rings. The highest BCUT2D eigenvalue weighted by molar-refractivity contribution is 7.09. The van der Waals surface area contributed by atoms with Crippen molar-refractivity contribution in [2.75, 3.05) is 26.7 Å².